The Labute approximate surface area is 126 Å². The fourth-order valence-electron chi connectivity index (χ4n) is 2.44. The van der Waals surface area contributed by atoms with Gasteiger partial charge in [-0.1, -0.05) is 0 Å². The van der Waals surface area contributed by atoms with Crippen molar-refractivity contribution in [1.29, 1.82) is 0 Å². The average Bonchev–Trinajstić information content (AvgIpc) is 2.87. The summed E-state index contributed by atoms with van der Waals surface area (Å²) < 4.78 is 0. The molecule has 1 aromatic rings. The number of hydrogen-bond acceptors (Lipinski definition) is 4. The molecule has 6 nitrogen and oxygen atoms in total. The van der Waals surface area contributed by atoms with Crippen molar-refractivity contribution in [3.05, 3.63) is 21.9 Å². The number of nitrogens with zero attached hydrogens (tertiary/aromatic N) is 1. The molecule has 0 spiro atoms. The summed E-state index contributed by atoms with van der Waals surface area (Å²) in [5, 5.41) is 12.9. The predicted molar refractivity (Wildman–Crippen MR) is 78.2 cm³/mol. The monoisotopic (exact) mass is 310 g/mol. The Morgan fingerprint density at radius 2 is 2.19 bits per heavy atom. The summed E-state index contributed by atoms with van der Waals surface area (Å²) in [5.74, 6) is -1.37. The van der Waals surface area contributed by atoms with Crippen molar-refractivity contribution in [2.45, 2.75) is 38.6 Å². The van der Waals surface area contributed by atoms with Gasteiger partial charge in [0.05, 0.1) is 6.04 Å². The summed E-state index contributed by atoms with van der Waals surface area (Å²) in [6.45, 7) is 2.53. The fourth-order valence-corrected chi connectivity index (χ4v) is 3.40. The molecule has 0 aromatic carbocycles. The number of imide groups is 1. The van der Waals surface area contributed by atoms with E-state index < -0.39 is 17.9 Å². The van der Waals surface area contributed by atoms with Crippen LogP contribution in [0.5, 0.6) is 0 Å². The molecule has 1 atom stereocenters. The number of urea groups is 1. The summed E-state index contributed by atoms with van der Waals surface area (Å²) in [7, 11) is 0. The second kappa shape index (κ2) is 6.71. The molecule has 1 unspecified atom stereocenters. The first kappa shape index (κ1) is 15.5. The van der Waals surface area contributed by atoms with Crippen molar-refractivity contribution < 1.29 is 19.5 Å². The number of hydrogen-bond donors (Lipinski definition) is 2. The molecule has 114 valence electrons. The minimum absolute atomic E-state index is 0.0456. The van der Waals surface area contributed by atoms with Crippen LogP contribution in [0.25, 0.3) is 0 Å². The second-order valence-corrected chi connectivity index (χ2v) is 6.02. The molecule has 0 fully saturated rings. The van der Waals surface area contributed by atoms with E-state index in [0.717, 1.165) is 12.0 Å². The number of carboxylic acids is 1. The SMILES string of the molecule is CC1c2ccsc2CCN1C(=O)NC(=O)CCCC(=O)O. The number of aliphatic carboxylic acids is 1. The topological polar surface area (TPSA) is 86.7 Å². The quantitative estimate of drug-likeness (QED) is 0.892. The summed E-state index contributed by atoms with van der Waals surface area (Å²) in [4.78, 5) is 37.1. The zero-order valence-corrected chi connectivity index (χ0v) is 12.6. The normalized spacial score (nSPS) is 17.2. The van der Waals surface area contributed by atoms with Gasteiger partial charge in [-0.3, -0.25) is 14.9 Å². The zero-order valence-electron chi connectivity index (χ0n) is 11.8. The Balaban J connectivity index is 1.86. The average molecular weight is 310 g/mol. The molecule has 0 saturated carbocycles. The molecule has 3 amide bonds. The third-order valence-corrected chi connectivity index (χ3v) is 4.58. The van der Waals surface area contributed by atoms with Gasteiger partial charge in [-0.05, 0) is 36.8 Å². The summed E-state index contributed by atoms with van der Waals surface area (Å²) >= 11 is 1.69. The van der Waals surface area contributed by atoms with Crippen LogP contribution in [-0.2, 0) is 16.0 Å². The second-order valence-electron chi connectivity index (χ2n) is 5.02. The van der Waals surface area contributed by atoms with Crippen molar-refractivity contribution in [2.24, 2.45) is 0 Å². The van der Waals surface area contributed by atoms with E-state index in [2.05, 4.69) is 5.32 Å². The number of nitrogens with one attached hydrogen (secondary N) is 1. The number of carboxylic acid groups (broad SMARTS) is 1. The minimum atomic E-state index is -0.941. The standard InChI is InChI=1S/C14H18N2O4S/c1-9-10-6-8-21-11(10)5-7-16(9)14(20)15-12(17)3-2-4-13(18)19/h6,8-9H,2-5,7H2,1H3,(H,18,19)(H,15,17,20). The molecule has 2 rings (SSSR count). The van der Waals surface area contributed by atoms with Gasteiger partial charge in [0, 0.05) is 24.3 Å². The van der Waals surface area contributed by atoms with Crippen molar-refractivity contribution in [2.75, 3.05) is 6.54 Å². The molecular weight excluding hydrogens is 292 g/mol. The van der Waals surface area contributed by atoms with Gasteiger partial charge in [-0.15, -0.1) is 11.3 Å². The van der Waals surface area contributed by atoms with Crippen molar-refractivity contribution >= 4 is 29.2 Å². The van der Waals surface area contributed by atoms with Gasteiger partial charge in [0.1, 0.15) is 0 Å². The molecule has 21 heavy (non-hydrogen) atoms. The van der Waals surface area contributed by atoms with Crippen LogP contribution in [-0.4, -0.2) is 34.5 Å². The number of amides is 3. The number of carbonyl (C=O) groups is 3. The van der Waals surface area contributed by atoms with Crippen LogP contribution >= 0.6 is 11.3 Å². The maximum Gasteiger partial charge on any atom is 0.324 e. The number of thiophene rings is 1. The largest absolute Gasteiger partial charge is 0.481 e. The van der Waals surface area contributed by atoms with E-state index in [1.807, 2.05) is 18.4 Å². The first-order valence-corrected chi connectivity index (χ1v) is 7.75. The van der Waals surface area contributed by atoms with E-state index in [1.54, 1.807) is 16.2 Å². The number of fused-ring (bicyclic) bond motifs is 1. The lowest BCUT2D eigenvalue weighted by Gasteiger charge is -2.33. The lowest BCUT2D eigenvalue weighted by molar-refractivity contribution is -0.137. The molecule has 2 N–H and O–H groups in total. The molecule has 1 aliphatic rings. The highest BCUT2D eigenvalue weighted by Crippen LogP contribution is 2.32. The van der Waals surface area contributed by atoms with Crippen LogP contribution in [0.3, 0.4) is 0 Å². The van der Waals surface area contributed by atoms with E-state index in [9.17, 15) is 14.4 Å². The zero-order chi connectivity index (χ0) is 15.4. The lowest BCUT2D eigenvalue weighted by atomic mass is 10.0. The van der Waals surface area contributed by atoms with Crippen LogP contribution in [0.15, 0.2) is 11.4 Å². The van der Waals surface area contributed by atoms with Gasteiger partial charge in [-0.2, -0.15) is 0 Å². The van der Waals surface area contributed by atoms with Crippen LogP contribution in [0.4, 0.5) is 4.79 Å². The summed E-state index contributed by atoms with van der Waals surface area (Å²) in [6.07, 6.45) is 1.01. The smallest absolute Gasteiger partial charge is 0.324 e. The Bertz CT molecular complexity index is 555. The number of carbonyl (C=O) groups excluding carboxylic acids is 2. The van der Waals surface area contributed by atoms with Gasteiger partial charge in [-0.25, -0.2) is 4.79 Å². The highest BCUT2D eigenvalue weighted by molar-refractivity contribution is 7.10. The highest BCUT2D eigenvalue weighted by Gasteiger charge is 2.28. The van der Waals surface area contributed by atoms with E-state index in [0.29, 0.717) is 6.54 Å². The Morgan fingerprint density at radius 3 is 2.90 bits per heavy atom. The predicted octanol–water partition coefficient (Wildman–Crippen LogP) is 2.16. The van der Waals surface area contributed by atoms with Crippen LogP contribution in [0, 0.1) is 0 Å². The van der Waals surface area contributed by atoms with E-state index in [-0.39, 0.29) is 25.3 Å². The van der Waals surface area contributed by atoms with Gasteiger partial charge in [0.25, 0.3) is 0 Å². The maximum atomic E-state index is 12.1. The van der Waals surface area contributed by atoms with Gasteiger partial charge in [0.15, 0.2) is 0 Å². The van der Waals surface area contributed by atoms with Crippen molar-refractivity contribution in [3.63, 3.8) is 0 Å². The number of rotatable bonds is 4. The van der Waals surface area contributed by atoms with Crippen molar-refractivity contribution in [3.8, 4) is 0 Å². The molecule has 2 heterocycles. The molecular formula is C14H18N2O4S. The molecule has 0 saturated heterocycles. The molecule has 0 bridgehead atoms. The Morgan fingerprint density at radius 1 is 1.43 bits per heavy atom. The summed E-state index contributed by atoms with van der Waals surface area (Å²) in [5.41, 5.74) is 1.14. The third-order valence-electron chi connectivity index (χ3n) is 3.58. The maximum absolute atomic E-state index is 12.1. The van der Waals surface area contributed by atoms with Gasteiger partial charge >= 0.3 is 12.0 Å². The first-order valence-electron chi connectivity index (χ1n) is 6.87. The van der Waals surface area contributed by atoms with Crippen molar-refractivity contribution in [1.82, 2.24) is 10.2 Å². The Hall–Kier alpha value is -1.89. The van der Waals surface area contributed by atoms with Crippen LogP contribution in [0.2, 0.25) is 0 Å². The molecule has 1 aliphatic heterocycles. The molecule has 7 heteroatoms. The van der Waals surface area contributed by atoms with Crippen LogP contribution < -0.4 is 5.32 Å². The van der Waals surface area contributed by atoms with Crippen LogP contribution in [0.1, 0.15) is 42.7 Å². The molecule has 0 radical (unpaired) electrons. The fraction of sp³-hybridized carbons (Fsp3) is 0.500. The van der Waals surface area contributed by atoms with E-state index in [4.69, 9.17) is 5.11 Å². The summed E-state index contributed by atoms with van der Waals surface area (Å²) in [6, 6.07) is 1.56. The Kier molecular flexibility index (Phi) is 4.95. The minimum Gasteiger partial charge on any atom is -0.481 e. The first-order chi connectivity index (χ1) is 9.99. The van der Waals surface area contributed by atoms with E-state index in [1.165, 1.54) is 4.88 Å². The van der Waals surface area contributed by atoms with Gasteiger partial charge < -0.3 is 10.0 Å². The lowest BCUT2D eigenvalue weighted by Crippen LogP contribution is -2.46. The molecule has 0 aliphatic carbocycles. The molecule has 1 aromatic heterocycles. The highest BCUT2D eigenvalue weighted by atomic mass is 32.1. The van der Waals surface area contributed by atoms with E-state index >= 15 is 0 Å². The third kappa shape index (κ3) is 3.81. The van der Waals surface area contributed by atoms with Gasteiger partial charge in [0.2, 0.25) is 5.91 Å².